The van der Waals surface area contributed by atoms with Crippen molar-refractivity contribution in [3.05, 3.63) is 59.1 Å². The number of para-hydroxylation sites is 1. The van der Waals surface area contributed by atoms with Crippen LogP contribution in [-0.4, -0.2) is 27.5 Å². The molecule has 0 radical (unpaired) electrons. The molecule has 0 saturated heterocycles. The van der Waals surface area contributed by atoms with E-state index >= 15 is 0 Å². The highest BCUT2D eigenvalue weighted by Gasteiger charge is 2.16. The van der Waals surface area contributed by atoms with Crippen LogP contribution in [0.25, 0.3) is 5.69 Å². The molecule has 9 heteroatoms. The Morgan fingerprint density at radius 2 is 2.11 bits per heavy atom. The summed E-state index contributed by atoms with van der Waals surface area (Å²) < 4.78 is 6.51. The summed E-state index contributed by atoms with van der Waals surface area (Å²) in [6.45, 7) is 2.52. The van der Waals surface area contributed by atoms with Crippen LogP contribution in [0.2, 0.25) is 0 Å². The molecule has 9 nitrogen and oxygen atoms in total. The summed E-state index contributed by atoms with van der Waals surface area (Å²) in [6.07, 6.45) is 1.14. The van der Waals surface area contributed by atoms with Crippen LogP contribution < -0.4 is 16.4 Å². The Balaban J connectivity index is 1.50. The highest BCUT2D eigenvalue weighted by atomic mass is 16.5. The van der Waals surface area contributed by atoms with Gasteiger partial charge in [0, 0.05) is 12.6 Å². The van der Waals surface area contributed by atoms with Crippen molar-refractivity contribution < 1.29 is 9.32 Å². The number of nitriles is 1. The highest BCUT2D eigenvalue weighted by molar-refractivity contribution is 5.73. The monoisotopic (exact) mass is 379 g/mol. The van der Waals surface area contributed by atoms with E-state index in [0.29, 0.717) is 54.5 Å². The van der Waals surface area contributed by atoms with Gasteiger partial charge in [0.15, 0.2) is 0 Å². The number of nitrogens with zero attached hydrogens (tertiary/aromatic N) is 4. The molecule has 2 aromatic heterocycles. The highest BCUT2D eigenvalue weighted by Crippen LogP contribution is 2.21. The molecule has 0 unspecified atom stereocenters. The number of hydrogen-bond donors (Lipinski definition) is 3. The first kappa shape index (κ1) is 19.0. The maximum absolute atomic E-state index is 11.8. The molecule has 0 aliphatic rings. The molecule has 0 spiro atoms. The number of aryl methyl sites for hydroxylation is 2. The van der Waals surface area contributed by atoms with E-state index in [4.69, 9.17) is 10.3 Å². The summed E-state index contributed by atoms with van der Waals surface area (Å²) in [5.41, 5.74) is 8.52. The molecule has 1 aromatic carbocycles. The maximum Gasteiger partial charge on any atom is 0.315 e. The van der Waals surface area contributed by atoms with Crippen molar-refractivity contribution in [1.82, 2.24) is 25.6 Å². The third kappa shape index (κ3) is 4.48. The van der Waals surface area contributed by atoms with Gasteiger partial charge in [-0.05, 0) is 31.9 Å². The van der Waals surface area contributed by atoms with Gasteiger partial charge in [-0.1, -0.05) is 23.4 Å². The molecule has 144 valence electrons. The number of carbonyl (C=O) groups is 1. The fourth-order valence-electron chi connectivity index (χ4n) is 2.73. The number of urea groups is 1. The molecule has 0 atom stereocenters. The quantitative estimate of drug-likeness (QED) is 0.538. The van der Waals surface area contributed by atoms with Crippen LogP contribution in [0.3, 0.4) is 0 Å². The Hall–Kier alpha value is -3.80. The molecule has 0 bridgehead atoms. The summed E-state index contributed by atoms with van der Waals surface area (Å²) in [5.74, 6) is 1.01. The third-order valence-electron chi connectivity index (χ3n) is 4.09. The lowest BCUT2D eigenvalue weighted by molar-refractivity contribution is 0.240. The normalized spacial score (nSPS) is 10.4. The first-order valence-electron chi connectivity index (χ1n) is 8.85. The summed E-state index contributed by atoms with van der Waals surface area (Å²) in [4.78, 5) is 11.8. The topological polar surface area (TPSA) is 135 Å². The first-order valence-corrected chi connectivity index (χ1v) is 8.85. The summed E-state index contributed by atoms with van der Waals surface area (Å²) in [7, 11) is 0. The number of amides is 2. The van der Waals surface area contributed by atoms with Crippen molar-refractivity contribution in [2.75, 3.05) is 12.3 Å². The van der Waals surface area contributed by atoms with E-state index < -0.39 is 0 Å². The van der Waals surface area contributed by atoms with Crippen molar-refractivity contribution in [2.45, 2.75) is 26.3 Å². The van der Waals surface area contributed by atoms with Crippen molar-refractivity contribution in [2.24, 2.45) is 0 Å². The van der Waals surface area contributed by atoms with Gasteiger partial charge in [-0.15, -0.1) is 0 Å². The smallest absolute Gasteiger partial charge is 0.315 e. The number of benzene rings is 1. The van der Waals surface area contributed by atoms with Gasteiger partial charge >= 0.3 is 6.03 Å². The molecule has 2 heterocycles. The van der Waals surface area contributed by atoms with E-state index in [1.807, 2.05) is 30.3 Å². The van der Waals surface area contributed by atoms with E-state index in [2.05, 4.69) is 27.0 Å². The second-order valence-corrected chi connectivity index (χ2v) is 6.21. The number of nitrogen functional groups attached to an aromatic ring is 1. The Morgan fingerprint density at radius 1 is 1.32 bits per heavy atom. The van der Waals surface area contributed by atoms with Crippen LogP contribution in [0.5, 0.6) is 0 Å². The lowest BCUT2D eigenvalue weighted by atomic mass is 10.1. The minimum absolute atomic E-state index is 0.291. The number of rotatable bonds is 7. The van der Waals surface area contributed by atoms with E-state index in [-0.39, 0.29) is 6.03 Å². The number of carbonyl (C=O) groups excluding carboxylic acids is 1. The first-order chi connectivity index (χ1) is 13.6. The molecule has 0 aliphatic carbocycles. The second kappa shape index (κ2) is 8.73. The van der Waals surface area contributed by atoms with E-state index in [1.165, 1.54) is 0 Å². The summed E-state index contributed by atoms with van der Waals surface area (Å²) in [5, 5.41) is 23.2. The van der Waals surface area contributed by atoms with Gasteiger partial charge in [-0.3, -0.25) is 0 Å². The number of hydrogen-bond acceptors (Lipinski definition) is 6. The lowest BCUT2D eigenvalue weighted by Crippen LogP contribution is -2.35. The number of aromatic nitrogens is 3. The average molecular weight is 379 g/mol. The maximum atomic E-state index is 11.8. The standard InChI is InChI=1S/C19H21N7O2/c1-13-10-14(25-28-13)12-23-19(27)22-9-5-8-17-16(11-20)18(21)26(24-17)15-6-3-2-4-7-15/h2-4,6-7,10H,5,8-9,12,21H2,1H3,(H2,22,23,27). The van der Waals surface area contributed by atoms with E-state index in [0.717, 1.165) is 5.69 Å². The zero-order valence-corrected chi connectivity index (χ0v) is 15.5. The Morgan fingerprint density at radius 3 is 2.79 bits per heavy atom. The lowest BCUT2D eigenvalue weighted by Gasteiger charge is -2.05. The fraction of sp³-hybridized carbons (Fsp3) is 0.263. The molecule has 3 rings (SSSR count). The van der Waals surface area contributed by atoms with Crippen LogP contribution in [0.4, 0.5) is 10.6 Å². The molecule has 0 aliphatic heterocycles. The predicted octanol–water partition coefficient (Wildman–Crippen LogP) is 2.05. The van der Waals surface area contributed by atoms with Crippen LogP contribution in [-0.2, 0) is 13.0 Å². The molecule has 2 amide bonds. The van der Waals surface area contributed by atoms with Crippen molar-refractivity contribution in [3.8, 4) is 11.8 Å². The molecule has 4 N–H and O–H groups in total. The molecular formula is C19H21N7O2. The third-order valence-corrected chi connectivity index (χ3v) is 4.09. The fourth-order valence-corrected chi connectivity index (χ4v) is 2.73. The largest absolute Gasteiger partial charge is 0.382 e. The molecule has 3 aromatic rings. The van der Waals surface area contributed by atoms with Crippen molar-refractivity contribution in [3.63, 3.8) is 0 Å². The predicted molar refractivity (Wildman–Crippen MR) is 102 cm³/mol. The minimum atomic E-state index is -0.296. The average Bonchev–Trinajstić information content (AvgIpc) is 3.26. The summed E-state index contributed by atoms with van der Waals surface area (Å²) in [6, 6.07) is 13.0. The van der Waals surface area contributed by atoms with E-state index in [9.17, 15) is 10.1 Å². The van der Waals surface area contributed by atoms with Gasteiger partial charge in [0.25, 0.3) is 0 Å². The van der Waals surface area contributed by atoms with Crippen LogP contribution >= 0.6 is 0 Å². The second-order valence-electron chi connectivity index (χ2n) is 6.21. The zero-order chi connectivity index (χ0) is 19.9. The molecule has 28 heavy (non-hydrogen) atoms. The van der Waals surface area contributed by atoms with Gasteiger partial charge in [0.1, 0.15) is 28.9 Å². The van der Waals surface area contributed by atoms with E-state index in [1.54, 1.807) is 17.7 Å². The minimum Gasteiger partial charge on any atom is -0.382 e. The Kier molecular flexibility index (Phi) is 5.91. The molecule has 0 fully saturated rings. The van der Waals surface area contributed by atoms with Gasteiger partial charge in [0.05, 0.1) is 17.9 Å². The van der Waals surface area contributed by atoms with Gasteiger partial charge in [-0.2, -0.15) is 10.4 Å². The Labute approximate surface area is 162 Å². The number of nitrogens with two attached hydrogens (primary N) is 1. The van der Waals surface area contributed by atoms with Crippen molar-refractivity contribution >= 4 is 11.8 Å². The van der Waals surface area contributed by atoms with Crippen LogP contribution in [0.15, 0.2) is 40.9 Å². The van der Waals surface area contributed by atoms with Gasteiger partial charge < -0.3 is 20.9 Å². The van der Waals surface area contributed by atoms with Crippen LogP contribution in [0.1, 0.15) is 29.1 Å². The van der Waals surface area contributed by atoms with Gasteiger partial charge in [-0.25, -0.2) is 9.48 Å². The van der Waals surface area contributed by atoms with Gasteiger partial charge in [0.2, 0.25) is 0 Å². The SMILES string of the molecule is Cc1cc(CNC(=O)NCCCc2nn(-c3ccccc3)c(N)c2C#N)no1. The van der Waals surface area contributed by atoms with Crippen LogP contribution in [0, 0.1) is 18.3 Å². The summed E-state index contributed by atoms with van der Waals surface area (Å²) >= 11 is 0. The number of nitrogens with one attached hydrogen (secondary N) is 2. The number of anilines is 1. The molecular weight excluding hydrogens is 358 g/mol. The zero-order valence-electron chi connectivity index (χ0n) is 15.5. The van der Waals surface area contributed by atoms with Crippen molar-refractivity contribution in [1.29, 1.82) is 5.26 Å². The molecule has 0 saturated carbocycles. The Bertz CT molecular complexity index is 986.